The number of rotatable bonds is 9. The number of likely N-dealkylation sites (tertiary alicyclic amines) is 1. The Morgan fingerprint density at radius 3 is 2.90 bits per heavy atom. The van der Waals surface area contributed by atoms with Crippen LogP contribution in [-0.4, -0.2) is 53.3 Å². The summed E-state index contributed by atoms with van der Waals surface area (Å²) in [6.07, 6.45) is 6.19. The van der Waals surface area contributed by atoms with Crippen molar-refractivity contribution in [3.05, 3.63) is 58.2 Å². The summed E-state index contributed by atoms with van der Waals surface area (Å²) in [5.41, 5.74) is 3.21. The van der Waals surface area contributed by atoms with Gasteiger partial charge in [0.1, 0.15) is 11.9 Å². The van der Waals surface area contributed by atoms with E-state index in [-0.39, 0.29) is 6.10 Å². The Bertz CT molecular complexity index is 890. The molecule has 6 nitrogen and oxygen atoms in total. The van der Waals surface area contributed by atoms with E-state index in [0.29, 0.717) is 18.2 Å². The number of benzene rings is 1. The van der Waals surface area contributed by atoms with Gasteiger partial charge in [0.2, 0.25) is 0 Å². The standard InChI is InChI=1S/C24H30ClN3O3/c25-19-9-6-17(7-10-19)22(24(29)30)28-14-12-21(16-28)31-15-2-1-5-20-11-8-18-4-3-13-26-23(18)27-20/h6-11,21-22H,1-5,12-16H2,(H,26,27)(H,29,30)/t21-,22-/m1/s1. The maximum atomic E-state index is 11.9. The lowest BCUT2D eigenvalue weighted by atomic mass is 10.1. The quantitative estimate of drug-likeness (QED) is 0.562. The first-order valence-corrected chi connectivity index (χ1v) is 11.5. The number of halogens is 1. The van der Waals surface area contributed by atoms with Crippen molar-refractivity contribution in [2.75, 3.05) is 31.6 Å². The molecule has 4 rings (SSSR count). The number of unbranched alkanes of at least 4 members (excludes halogenated alkanes) is 1. The first-order valence-electron chi connectivity index (χ1n) is 11.2. The second-order valence-electron chi connectivity index (χ2n) is 8.37. The number of ether oxygens (including phenoxy) is 1. The Kier molecular flexibility index (Phi) is 7.43. The number of carboxylic acid groups (broad SMARTS) is 1. The average molecular weight is 444 g/mol. The Morgan fingerprint density at radius 2 is 2.10 bits per heavy atom. The minimum Gasteiger partial charge on any atom is -0.480 e. The van der Waals surface area contributed by atoms with E-state index >= 15 is 0 Å². The highest BCUT2D eigenvalue weighted by atomic mass is 35.5. The molecule has 1 aromatic heterocycles. The number of hydrogen-bond acceptors (Lipinski definition) is 5. The number of nitrogens with zero attached hydrogens (tertiary/aromatic N) is 2. The van der Waals surface area contributed by atoms with Crippen molar-refractivity contribution in [2.24, 2.45) is 0 Å². The number of aliphatic carboxylic acids is 1. The zero-order chi connectivity index (χ0) is 21.6. The van der Waals surface area contributed by atoms with Crippen molar-refractivity contribution in [1.82, 2.24) is 9.88 Å². The van der Waals surface area contributed by atoms with Crippen LogP contribution >= 0.6 is 11.6 Å². The fraction of sp³-hybridized carbons (Fsp3) is 0.500. The molecule has 0 radical (unpaired) electrons. The smallest absolute Gasteiger partial charge is 0.325 e. The first-order chi connectivity index (χ1) is 15.1. The molecule has 2 atom stereocenters. The number of hydrogen-bond donors (Lipinski definition) is 2. The molecule has 2 aliphatic heterocycles. The molecule has 3 heterocycles. The number of aromatic nitrogens is 1. The average Bonchev–Trinajstić information content (AvgIpc) is 3.23. The van der Waals surface area contributed by atoms with E-state index in [1.807, 2.05) is 4.90 Å². The normalized spacial score (nSPS) is 19.6. The molecule has 0 amide bonds. The van der Waals surface area contributed by atoms with Crippen LogP contribution in [0.2, 0.25) is 5.02 Å². The molecule has 7 heteroatoms. The minimum atomic E-state index is -0.838. The zero-order valence-corrected chi connectivity index (χ0v) is 18.5. The molecule has 1 saturated heterocycles. The van der Waals surface area contributed by atoms with Crippen LogP contribution < -0.4 is 5.32 Å². The molecule has 2 aromatic rings. The highest BCUT2D eigenvalue weighted by molar-refractivity contribution is 6.30. The molecule has 2 aliphatic rings. The summed E-state index contributed by atoms with van der Waals surface area (Å²) in [5.74, 6) is 0.217. The summed E-state index contributed by atoms with van der Waals surface area (Å²) in [7, 11) is 0. The van der Waals surface area contributed by atoms with Crippen LogP contribution in [0.4, 0.5) is 5.82 Å². The lowest BCUT2D eigenvalue weighted by molar-refractivity contribution is -0.143. The molecular formula is C24H30ClN3O3. The van der Waals surface area contributed by atoms with Gasteiger partial charge in [-0.3, -0.25) is 9.69 Å². The predicted octanol–water partition coefficient (Wildman–Crippen LogP) is 4.33. The minimum absolute atomic E-state index is 0.0835. The van der Waals surface area contributed by atoms with Gasteiger partial charge in [0.15, 0.2) is 0 Å². The molecular weight excluding hydrogens is 414 g/mol. The van der Waals surface area contributed by atoms with E-state index < -0.39 is 12.0 Å². The third-order valence-electron chi connectivity index (χ3n) is 6.09. The molecule has 31 heavy (non-hydrogen) atoms. The fourth-order valence-electron chi connectivity index (χ4n) is 4.45. The van der Waals surface area contributed by atoms with Gasteiger partial charge in [-0.1, -0.05) is 29.8 Å². The Hall–Kier alpha value is -2.15. The van der Waals surface area contributed by atoms with Gasteiger partial charge in [-0.05, 0) is 67.9 Å². The van der Waals surface area contributed by atoms with Crippen LogP contribution in [0.1, 0.15) is 48.5 Å². The zero-order valence-electron chi connectivity index (χ0n) is 17.7. The van der Waals surface area contributed by atoms with Crippen molar-refractivity contribution in [3.8, 4) is 0 Å². The van der Waals surface area contributed by atoms with Gasteiger partial charge in [-0.15, -0.1) is 0 Å². The van der Waals surface area contributed by atoms with Gasteiger partial charge in [0.25, 0.3) is 0 Å². The van der Waals surface area contributed by atoms with Gasteiger partial charge in [0, 0.05) is 37.0 Å². The summed E-state index contributed by atoms with van der Waals surface area (Å²) in [6.45, 7) is 3.06. The van der Waals surface area contributed by atoms with Gasteiger partial charge in [0.05, 0.1) is 6.10 Å². The summed E-state index contributed by atoms with van der Waals surface area (Å²) >= 11 is 5.94. The first kappa shape index (κ1) is 22.1. The Labute approximate surface area is 188 Å². The highest BCUT2D eigenvalue weighted by Gasteiger charge is 2.33. The Balaban J connectivity index is 1.20. The highest BCUT2D eigenvalue weighted by Crippen LogP contribution is 2.28. The lowest BCUT2D eigenvalue weighted by Gasteiger charge is -2.24. The van der Waals surface area contributed by atoms with E-state index in [0.717, 1.165) is 62.3 Å². The van der Waals surface area contributed by atoms with Crippen LogP contribution in [0.15, 0.2) is 36.4 Å². The summed E-state index contributed by atoms with van der Waals surface area (Å²) in [4.78, 5) is 18.6. The van der Waals surface area contributed by atoms with E-state index in [4.69, 9.17) is 21.3 Å². The van der Waals surface area contributed by atoms with Crippen molar-refractivity contribution in [2.45, 2.75) is 50.7 Å². The maximum absolute atomic E-state index is 11.9. The van der Waals surface area contributed by atoms with Gasteiger partial charge in [-0.25, -0.2) is 4.98 Å². The second-order valence-corrected chi connectivity index (χ2v) is 8.80. The van der Waals surface area contributed by atoms with Crippen LogP contribution in [0.5, 0.6) is 0 Å². The van der Waals surface area contributed by atoms with Crippen LogP contribution in [0.25, 0.3) is 0 Å². The summed E-state index contributed by atoms with van der Waals surface area (Å²) in [6, 6.07) is 10.8. The Morgan fingerprint density at radius 1 is 1.26 bits per heavy atom. The molecule has 0 unspecified atom stereocenters. The number of anilines is 1. The van der Waals surface area contributed by atoms with Gasteiger partial charge < -0.3 is 15.2 Å². The van der Waals surface area contributed by atoms with E-state index in [9.17, 15) is 9.90 Å². The topological polar surface area (TPSA) is 74.7 Å². The van der Waals surface area contributed by atoms with E-state index in [1.54, 1.807) is 24.3 Å². The SMILES string of the molecule is O=C(O)[C@@H](c1ccc(Cl)cc1)N1CC[C@@H](OCCCCc2ccc3c(n2)NCCC3)C1. The third kappa shape index (κ3) is 5.76. The van der Waals surface area contributed by atoms with Crippen LogP contribution in [0.3, 0.4) is 0 Å². The number of fused-ring (bicyclic) bond motifs is 1. The molecule has 0 bridgehead atoms. The predicted molar refractivity (Wildman–Crippen MR) is 122 cm³/mol. The molecule has 166 valence electrons. The number of carboxylic acids is 1. The second kappa shape index (κ2) is 10.4. The largest absolute Gasteiger partial charge is 0.480 e. The van der Waals surface area contributed by atoms with E-state index in [1.165, 1.54) is 12.0 Å². The van der Waals surface area contributed by atoms with Crippen molar-refractivity contribution in [3.63, 3.8) is 0 Å². The number of nitrogens with one attached hydrogen (secondary N) is 1. The fourth-order valence-corrected chi connectivity index (χ4v) is 4.57. The molecule has 0 saturated carbocycles. The number of carbonyl (C=O) groups is 1. The maximum Gasteiger partial charge on any atom is 0.325 e. The van der Waals surface area contributed by atoms with Crippen LogP contribution in [0, 0.1) is 0 Å². The van der Waals surface area contributed by atoms with Crippen molar-refractivity contribution >= 4 is 23.4 Å². The monoisotopic (exact) mass is 443 g/mol. The van der Waals surface area contributed by atoms with Crippen molar-refractivity contribution in [1.29, 1.82) is 0 Å². The molecule has 0 spiro atoms. The van der Waals surface area contributed by atoms with Gasteiger partial charge in [-0.2, -0.15) is 0 Å². The molecule has 1 fully saturated rings. The lowest BCUT2D eigenvalue weighted by Crippen LogP contribution is -2.33. The van der Waals surface area contributed by atoms with Crippen molar-refractivity contribution < 1.29 is 14.6 Å². The number of pyridine rings is 1. The molecule has 1 aromatic carbocycles. The molecule has 2 N–H and O–H groups in total. The molecule has 0 aliphatic carbocycles. The summed E-state index contributed by atoms with van der Waals surface area (Å²) in [5, 5.41) is 13.7. The van der Waals surface area contributed by atoms with Crippen LogP contribution in [-0.2, 0) is 22.4 Å². The number of aryl methyl sites for hydroxylation is 2. The van der Waals surface area contributed by atoms with Gasteiger partial charge >= 0.3 is 5.97 Å². The third-order valence-corrected chi connectivity index (χ3v) is 6.35. The van der Waals surface area contributed by atoms with E-state index in [2.05, 4.69) is 17.4 Å². The summed E-state index contributed by atoms with van der Waals surface area (Å²) < 4.78 is 6.06.